The van der Waals surface area contributed by atoms with E-state index in [-0.39, 0.29) is 23.8 Å². The molecule has 1 aromatic carbocycles. The van der Waals surface area contributed by atoms with Crippen LogP contribution in [0.3, 0.4) is 0 Å². The van der Waals surface area contributed by atoms with Crippen LogP contribution in [0.1, 0.15) is 62.5 Å². The number of carbonyl (C=O) groups excluding carboxylic acids is 2. The molecule has 3 aliphatic heterocycles. The van der Waals surface area contributed by atoms with Crippen molar-refractivity contribution in [3.63, 3.8) is 0 Å². The van der Waals surface area contributed by atoms with E-state index in [9.17, 15) is 9.59 Å². The van der Waals surface area contributed by atoms with Crippen molar-refractivity contribution in [1.29, 1.82) is 0 Å². The summed E-state index contributed by atoms with van der Waals surface area (Å²) in [5, 5.41) is 2.31. The van der Waals surface area contributed by atoms with E-state index < -0.39 is 0 Å². The van der Waals surface area contributed by atoms with Crippen molar-refractivity contribution in [2.24, 2.45) is 11.8 Å². The first-order chi connectivity index (χ1) is 16.0. The van der Waals surface area contributed by atoms with Crippen LogP contribution < -0.4 is 11.1 Å². The van der Waals surface area contributed by atoms with Gasteiger partial charge in [-0.15, -0.1) is 0 Å². The number of benzene rings is 1. The Bertz CT molecular complexity index is 902. The number of carbonyl (C=O) groups is 2. The molecule has 3 fully saturated rings. The molecule has 7 heteroatoms. The van der Waals surface area contributed by atoms with E-state index in [1.807, 2.05) is 4.90 Å². The minimum Gasteiger partial charge on any atom is -0.350 e. The Kier molecular flexibility index (Phi) is 6.83. The van der Waals surface area contributed by atoms with Gasteiger partial charge in [-0.2, -0.15) is 0 Å². The van der Waals surface area contributed by atoms with E-state index in [2.05, 4.69) is 50.1 Å². The zero-order valence-electron chi connectivity index (χ0n) is 19.7. The van der Waals surface area contributed by atoms with Crippen LogP contribution in [0.4, 0.5) is 0 Å². The van der Waals surface area contributed by atoms with Crippen molar-refractivity contribution in [2.45, 2.75) is 69.4 Å². The van der Waals surface area contributed by atoms with Crippen molar-refractivity contribution in [1.82, 2.24) is 9.80 Å². The van der Waals surface area contributed by atoms with Gasteiger partial charge in [0.1, 0.15) is 5.92 Å². The minimum absolute atomic E-state index is 0.0798. The van der Waals surface area contributed by atoms with Crippen LogP contribution >= 0.6 is 15.9 Å². The fourth-order valence-electron chi connectivity index (χ4n) is 7.33. The van der Waals surface area contributed by atoms with Crippen LogP contribution in [-0.2, 0) is 21.5 Å². The van der Waals surface area contributed by atoms with Crippen molar-refractivity contribution < 1.29 is 20.6 Å². The Morgan fingerprint density at radius 1 is 1.12 bits per heavy atom. The van der Waals surface area contributed by atoms with E-state index >= 15 is 0 Å². The van der Waals surface area contributed by atoms with Gasteiger partial charge in [0.15, 0.2) is 6.54 Å². The van der Waals surface area contributed by atoms with Gasteiger partial charge in [-0.3, -0.25) is 9.59 Å². The maximum Gasteiger partial charge on any atom is 0.277 e. The van der Waals surface area contributed by atoms with E-state index in [1.165, 1.54) is 49.7 Å². The molecule has 1 saturated carbocycles. The fourth-order valence-corrected chi connectivity index (χ4v) is 7.73. The number of nitrogens with zero attached hydrogens (tertiary/aromatic N) is 2. The summed E-state index contributed by atoms with van der Waals surface area (Å²) in [7, 11) is 0. The summed E-state index contributed by atoms with van der Waals surface area (Å²) >= 11 is 3.62. The summed E-state index contributed by atoms with van der Waals surface area (Å²) in [5.41, 5.74) is 5.99. The summed E-state index contributed by atoms with van der Waals surface area (Å²) in [6.07, 6.45) is 10.1. The lowest BCUT2D eigenvalue weighted by Crippen LogP contribution is -2.83. The number of hydrogen-bond acceptors (Lipinski definition) is 2. The normalized spacial score (nSPS) is 30.5. The van der Waals surface area contributed by atoms with Crippen LogP contribution in [-0.4, -0.2) is 60.4 Å². The third-order valence-electron chi connectivity index (χ3n) is 8.91. The van der Waals surface area contributed by atoms with Gasteiger partial charge >= 0.3 is 0 Å². The van der Waals surface area contributed by atoms with Gasteiger partial charge in [0.2, 0.25) is 5.91 Å². The number of piperidine rings is 1. The molecule has 6 nitrogen and oxygen atoms in total. The standard InChI is InChI=1S/C26H37BrN4O2/c27-20-9-10-21-19(12-20)15-30(24(32)13-28)17-26(21)16-29-14-22(26)25(33)31-11-5-4-8-23(31)18-6-2-1-3-7-18/h9-10,12,18,22-23,29H,1-8,11,13-17,28H2/p+2/t22?,23?,26-/m1/s1. The lowest BCUT2D eigenvalue weighted by Gasteiger charge is -2.46. The van der Waals surface area contributed by atoms with Crippen LogP contribution in [0.2, 0.25) is 0 Å². The van der Waals surface area contributed by atoms with Gasteiger partial charge in [-0.1, -0.05) is 41.3 Å². The number of fused-ring (bicyclic) bond motifs is 2. The summed E-state index contributed by atoms with van der Waals surface area (Å²) in [4.78, 5) is 31.4. The summed E-state index contributed by atoms with van der Waals surface area (Å²) in [6, 6.07) is 6.87. The Balaban J connectivity index is 1.49. The Labute approximate surface area is 205 Å². The van der Waals surface area contributed by atoms with Gasteiger partial charge in [0.05, 0.1) is 18.5 Å². The van der Waals surface area contributed by atoms with Gasteiger partial charge < -0.3 is 20.9 Å². The molecule has 0 bridgehead atoms. The average molecular weight is 520 g/mol. The second kappa shape index (κ2) is 9.67. The van der Waals surface area contributed by atoms with E-state index in [1.54, 1.807) is 0 Å². The summed E-state index contributed by atoms with van der Waals surface area (Å²) in [6.45, 7) is 4.08. The first kappa shape index (κ1) is 23.3. The number of nitrogens with two attached hydrogens (primary N) is 1. The smallest absolute Gasteiger partial charge is 0.277 e. The topological polar surface area (TPSA) is 84.9 Å². The third kappa shape index (κ3) is 4.25. The van der Waals surface area contributed by atoms with Crippen LogP contribution in [0, 0.1) is 11.8 Å². The highest BCUT2D eigenvalue weighted by Crippen LogP contribution is 2.43. The molecule has 3 heterocycles. The quantitative estimate of drug-likeness (QED) is 0.634. The fraction of sp³-hybridized carbons (Fsp3) is 0.692. The SMILES string of the molecule is [NH3+]CC(=O)N1Cc2cc(Br)ccc2[C@@]2(C[NH2+]CC2C(=O)N2CCCCC2C2CCCCC2)C1. The molecule has 33 heavy (non-hydrogen) atoms. The largest absolute Gasteiger partial charge is 0.350 e. The predicted octanol–water partition coefficient (Wildman–Crippen LogP) is 1.43. The molecule has 2 unspecified atom stereocenters. The Hall–Kier alpha value is -1.44. The van der Waals surface area contributed by atoms with Crippen LogP contribution in [0.5, 0.6) is 0 Å². The lowest BCUT2D eigenvalue weighted by molar-refractivity contribution is -0.640. The Morgan fingerprint density at radius 3 is 2.70 bits per heavy atom. The highest BCUT2D eigenvalue weighted by molar-refractivity contribution is 9.10. The molecule has 2 amide bonds. The predicted molar refractivity (Wildman–Crippen MR) is 130 cm³/mol. The highest BCUT2D eigenvalue weighted by Gasteiger charge is 2.56. The van der Waals surface area contributed by atoms with Crippen molar-refractivity contribution in [2.75, 3.05) is 32.7 Å². The summed E-state index contributed by atoms with van der Waals surface area (Å²) < 4.78 is 1.03. The maximum atomic E-state index is 14.3. The van der Waals surface area contributed by atoms with E-state index in [4.69, 9.17) is 0 Å². The molecule has 1 aliphatic carbocycles. The van der Waals surface area contributed by atoms with Crippen molar-refractivity contribution >= 4 is 27.7 Å². The van der Waals surface area contributed by atoms with Gasteiger partial charge in [-0.05, 0) is 61.3 Å². The number of hydrogen-bond donors (Lipinski definition) is 2. The molecule has 5 N–H and O–H groups in total. The molecule has 2 saturated heterocycles. The van der Waals surface area contributed by atoms with Gasteiger partial charge in [0, 0.05) is 30.1 Å². The molecule has 1 spiro atoms. The van der Waals surface area contributed by atoms with E-state index in [0.717, 1.165) is 36.9 Å². The number of likely N-dealkylation sites (tertiary alicyclic amines) is 1. The van der Waals surface area contributed by atoms with E-state index in [0.29, 0.717) is 31.0 Å². The Morgan fingerprint density at radius 2 is 1.91 bits per heavy atom. The van der Waals surface area contributed by atoms with Gasteiger partial charge in [0.25, 0.3) is 5.91 Å². The van der Waals surface area contributed by atoms with Gasteiger partial charge in [-0.25, -0.2) is 0 Å². The first-order valence-electron chi connectivity index (χ1n) is 13.0. The maximum absolute atomic E-state index is 14.3. The number of quaternary nitrogens is 2. The zero-order chi connectivity index (χ0) is 23.0. The molecule has 180 valence electrons. The monoisotopic (exact) mass is 518 g/mol. The third-order valence-corrected chi connectivity index (χ3v) is 9.40. The molecule has 5 rings (SSSR count). The average Bonchev–Trinajstić information content (AvgIpc) is 3.26. The van der Waals surface area contributed by atoms with Crippen LogP contribution in [0.15, 0.2) is 22.7 Å². The number of amides is 2. The molecule has 0 aromatic heterocycles. The first-order valence-corrected chi connectivity index (χ1v) is 13.8. The van der Waals surface area contributed by atoms with Crippen molar-refractivity contribution in [3.05, 3.63) is 33.8 Å². The summed E-state index contributed by atoms with van der Waals surface area (Å²) in [5.74, 6) is 1.01. The molecule has 3 atom stereocenters. The van der Waals surface area contributed by atoms with Crippen LogP contribution in [0.25, 0.3) is 0 Å². The highest BCUT2D eigenvalue weighted by atomic mass is 79.9. The number of rotatable bonds is 3. The minimum atomic E-state index is -0.315. The molecule has 0 radical (unpaired) electrons. The molecular formula is C26H39BrN4O2+2. The second-order valence-corrected chi connectivity index (χ2v) is 11.6. The second-order valence-electron chi connectivity index (χ2n) is 10.7. The molecule has 1 aromatic rings. The lowest BCUT2D eigenvalue weighted by atomic mass is 9.67. The molecular weight excluding hydrogens is 480 g/mol. The zero-order valence-corrected chi connectivity index (χ0v) is 21.3. The van der Waals surface area contributed by atoms with Crippen molar-refractivity contribution in [3.8, 4) is 0 Å². The molecule has 4 aliphatic rings. The number of halogens is 1.